The highest BCUT2D eigenvalue weighted by atomic mass is 32.2. The molecule has 1 aliphatic heterocycles. The molecule has 0 bridgehead atoms. The molecule has 1 aromatic carbocycles. The van der Waals surface area contributed by atoms with Crippen molar-refractivity contribution in [2.75, 3.05) is 46.5 Å². The number of nitrogens with zero attached hydrogens (tertiary/aromatic N) is 2. The van der Waals surface area contributed by atoms with Crippen LogP contribution in [0.25, 0.3) is 0 Å². The van der Waals surface area contributed by atoms with E-state index < -0.39 is 32.6 Å². The molecule has 162 valence electrons. The summed E-state index contributed by atoms with van der Waals surface area (Å²) in [6.45, 7) is 5.02. The van der Waals surface area contributed by atoms with Crippen LogP contribution in [0.1, 0.15) is 30.6 Å². The van der Waals surface area contributed by atoms with Gasteiger partial charge in [0.25, 0.3) is 5.91 Å². The average molecular weight is 430 g/mol. The number of methoxy groups -OCH3 is 1. The molecule has 1 heterocycles. The van der Waals surface area contributed by atoms with Gasteiger partial charge in [0.05, 0.1) is 26.7 Å². The lowest BCUT2D eigenvalue weighted by molar-refractivity contribution is -0.140. The molecule has 10 heteroatoms. The molecule has 1 aromatic rings. The van der Waals surface area contributed by atoms with Gasteiger partial charge in [0.15, 0.2) is 0 Å². The van der Waals surface area contributed by atoms with Crippen LogP contribution in [-0.2, 0) is 24.3 Å². The summed E-state index contributed by atoms with van der Waals surface area (Å²) in [7, 11) is -2.83. The van der Waals surface area contributed by atoms with Gasteiger partial charge in [-0.25, -0.2) is 12.8 Å². The highest BCUT2D eigenvalue weighted by molar-refractivity contribution is 7.89. The van der Waals surface area contributed by atoms with E-state index in [0.29, 0.717) is 6.54 Å². The third-order valence-corrected chi connectivity index (χ3v) is 6.37. The number of halogens is 1. The van der Waals surface area contributed by atoms with Crippen LogP contribution in [0, 0.1) is 11.7 Å². The summed E-state index contributed by atoms with van der Waals surface area (Å²) in [6.07, 6.45) is 0.00902. The van der Waals surface area contributed by atoms with E-state index in [1.165, 1.54) is 18.1 Å². The first-order valence-corrected chi connectivity index (χ1v) is 10.8. The lowest BCUT2D eigenvalue weighted by atomic mass is 10.1. The van der Waals surface area contributed by atoms with Crippen LogP contribution >= 0.6 is 0 Å². The standard InChI is InChI=1S/C19H27FN2O6S/c1-14(2)13-21(7-6-18(23)27-3)19(24)15-4-5-16(20)17(12-15)29(25,26)22-8-10-28-11-9-22/h4-5,12,14H,6-11,13H2,1-3H3. The summed E-state index contributed by atoms with van der Waals surface area (Å²) in [4.78, 5) is 25.3. The van der Waals surface area contributed by atoms with E-state index in [-0.39, 0.29) is 50.8 Å². The summed E-state index contributed by atoms with van der Waals surface area (Å²) < 4.78 is 50.9. The van der Waals surface area contributed by atoms with Crippen molar-refractivity contribution in [3.8, 4) is 0 Å². The van der Waals surface area contributed by atoms with E-state index >= 15 is 0 Å². The third kappa shape index (κ3) is 5.97. The van der Waals surface area contributed by atoms with Gasteiger partial charge in [0.1, 0.15) is 10.7 Å². The van der Waals surface area contributed by atoms with Gasteiger partial charge in [0.2, 0.25) is 10.0 Å². The highest BCUT2D eigenvalue weighted by Crippen LogP contribution is 2.23. The SMILES string of the molecule is COC(=O)CCN(CC(C)C)C(=O)c1ccc(F)c(S(=O)(=O)N2CCOCC2)c1. The monoisotopic (exact) mass is 430 g/mol. The Morgan fingerprint density at radius 3 is 2.52 bits per heavy atom. The Balaban J connectivity index is 2.31. The smallest absolute Gasteiger partial charge is 0.307 e. The normalized spacial score (nSPS) is 15.3. The van der Waals surface area contributed by atoms with Gasteiger partial charge < -0.3 is 14.4 Å². The molecule has 0 atom stereocenters. The first-order valence-electron chi connectivity index (χ1n) is 9.40. The minimum atomic E-state index is -4.09. The quantitative estimate of drug-likeness (QED) is 0.581. The molecule has 1 aliphatic rings. The van der Waals surface area contributed by atoms with Gasteiger partial charge in [0, 0.05) is 31.7 Å². The Bertz CT molecular complexity index is 837. The minimum Gasteiger partial charge on any atom is -0.469 e. The van der Waals surface area contributed by atoms with Crippen molar-refractivity contribution in [1.29, 1.82) is 0 Å². The summed E-state index contributed by atoms with van der Waals surface area (Å²) in [5.41, 5.74) is 0.0451. The maximum absolute atomic E-state index is 14.4. The van der Waals surface area contributed by atoms with Crippen LogP contribution in [0.4, 0.5) is 4.39 Å². The predicted octanol–water partition coefficient (Wildman–Crippen LogP) is 1.51. The summed E-state index contributed by atoms with van der Waals surface area (Å²) in [6, 6.07) is 3.30. The Hall–Kier alpha value is -2.04. The molecule has 1 saturated heterocycles. The van der Waals surface area contributed by atoms with Crippen molar-refractivity contribution in [2.24, 2.45) is 5.92 Å². The molecule has 0 unspecified atom stereocenters. The molecule has 0 aromatic heterocycles. The number of amides is 1. The Morgan fingerprint density at radius 2 is 1.93 bits per heavy atom. The second kappa shape index (κ2) is 10.1. The van der Waals surface area contributed by atoms with Gasteiger partial charge in [-0.1, -0.05) is 13.8 Å². The van der Waals surface area contributed by atoms with Gasteiger partial charge in [-0.2, -0.15) is 4.31 Å². The van der Waals surface area contributed by atoms with Crippen molar-refractivity contribution in [2.45, 2.75) is 25.2 Å². The van der Waals surface area contributed by atoms with Gasteiger partial charge >= 0.3 is 5.97 Å². The zero-order chi connectivity index (χ0) is 21.6. The number of hydrogen-bond donors (Lipinski definition) is 0. The van der Waals surface area contributed by atoms with E-state index in [1.54, 1.807) is 0 Å². The number of morpholine rings is 1. The number of benzene rings is 1. The van der Waals surface area contributed by atoms with Crippen molar-refractivity contribution in [3.63, 3.8) is 0 Å². The van der Waals surface area contributed by atoms with Crippen molar-refractivity contribution < 1.29 is 31.9 Å². The Morgan fingerprint density at radius 1 is 1.28 bits per heavy atom. The number of rotatable bonds is 8. The van der Waals surface area contributed by atoms with Gasteiger partial charge in [-0.3, -0.25) is 9.59 Å². The fraction of sp³-hybridized carbons (Fsp3) is 0.579. The first-order chi connectivity index (χ1) is 13.7. The number of ether oxygens (including phenoxy) is 2. The average Bonchev–Trinajstić information content (AvgIpc) is 2.70. The number of esters is 1. The molecule has 1 fully saturated rings. The van der Waals surface area contributed by atoms with E-state index in [0.717, 1.165) is 16.4 Å². The summed E-state index contributed by atoms with van der Waals surface area (Å²) >= 11 is 0. The lowest BCUT2D eigenvalue weighted by Gasteiger charge is -2.27. The maximum Gasteiger partial charge on any atom is 0.307 e. The largest absolute Gasteiger partial charge is 0.469 e. The lowest BCUT2D eigenvalue weighted by Crippen LogP contribution is -2.41. The van der Waals surface area contributed by atoms with Crippen LogP contribution in [0.15, 0.2) is 23.1 Å². The molecule has 2 rings (SSSR count). The van der Waals surface area contributed by atoms with Crippen LogP contribution in [-0.4, -0.2) is 76.0 Å². The highest BCUT2D eigenvalue weighted by Gasteiger charge is 2.30. The van der Waals surface area contributed by atoms with E-state index in [2.05, 4.69) is 4.74 Å². The van der Waals surface area contributed by atoms with Crippen molar-refractivity contribution in [3.05, 3.63) is 29.6 Å². The van der Waals surface area contributed by atoms with Crippen LogP contribution in [0.2, 0.25) is 0 Å². The molecule has 8 nitrogen and oxygen atoms in total. The van der Waals surface area contributed by atoms with E-state index in [9.17, 15) is 22.4 Å². The second-order valence-electron chi connectivity index (χ2n) is 7.13. The number of carbonyl (C=O) groups is 2. The molecule has 0 saturated carbocycles. The molecule has 1 amide bonds. The Kier molecular flexibility index (Phi) is 8.12. The summed E-state index contributed by atoms with van der Waals surface area (Å²) in [5.74, 6) is -1.73. The number of hydrogen-bond acceptors (Lipinski definition) is 6. The summed E-state index contributed by atoms with van der Waals surface area (Å²) in [5, 5.41) is 0. The van der Waals surface area contributed by atoms with Crippen LogP contribution < -0.4 is 0 Å². The molecule has 0 radical (unpaired) electrons. The number of sulfonamides is 1. The molecule has 29 heavy (non-hydrogen) atoms. The van der Waals surface area contributed by atoms with Gasteiger partial charge in [-0.05, 0) is 24.1 Å². The van der Waals surface area contributed by atoms with Crippen LogP contribution in [0.3, 0.4) is 0 Å². The zero-order valence-electron chi connectivity index (χ0n) is 16.9. The molecular formula is C19H27FN2O6S. The topological polar surface area (TPSA) is 93.2 Å². The first kappa shape index (κ1) is 23.2. The van der Waals surface area contributed by atoms with Gasteiger partial charge in [-0.15, -0.1) is 0 Å². The molecular weight excluding hydrogens is 403 g/mol. The fourth-order valence-electron chi connectivity index (χ4n) is 2.99. The van der Waals surface area contributed by atoms with E-state index in [1.807, 2.05) is 13.8 Å². The van der Waals surface area contributed by atoms with Crippen molar-refractivity contribution >= 4 is 21.9 Å². The molecule has 0 aliphatic carbocycles. The number of carbonyl (C=O) groups excluding carboxylic acids is 2. The van der Waals surface area contributed by atoms with Crippen LogP contribution in [0.5, 0.6) is 0 Å². The molecule has 0 spiro atoms. The second-order valence-corrected chi connectivity index (χ2v) is 9.04. The van der Waals surface area contributed by atoms with E-state index in [4.69, 9.17) is 4.74 Å². The molecule has 0 N–H and O–H groups in total. The Labute approximate surface area is 170 Å². The fourth-order valence-corrected chi connectivity index (χ4v) is 4.49. The van der Waals surface area contributed by atoms with Crippen molar-refractivity contribution in [1.82, 2.24) is 9.21 Å². The minimum absolute atomic E-state index is 0.00902. The predicted molar refractivity (Wildman–Crippen MR) is 103 cm³/mol. The zero-order valence-corrected chi connectivity index (χ0v) is 17.7. The third-order valence-electron chi connectivity index (χ3n) is 4.45. The maximum atomic E-state index is 14.4.